The molecule has 0 aliphatic rings. The molecule has 0 unspecified atom stereocenters. The largest absolute Gasteiger partial charge is 0.361 e. The average molecular weight is 205 g/mol. The highest BCUT2D eigenvalue weighted by Crippen LogP contribution is 2.25. The number of thiol groups is 1. The highest BCUT2D eigenvalue weighted by atomic mass is 32.1. The predicted molar refractivity (Wildman–Crippen MR) is 65.3 cm³/mol. The molecule has 1 N–H and O–H groups in total. The molecule has 0 saturated carbocycles. The lowest BCUT2D eigenvalue weighted by Crippen LogP contribution is -1.87. The Kier molecular flexibility index (Phi) is 2.55. The normalized spacial score (nSPS) is 11.1. The van der Waals surface area contributed by atoms with Crippen molar-refractivity contribution in [1.82, 2.24) is 4.98 Å². The minimum atomic E-state index is 0.903. The van der Waals surface area contributed by atoms with Crippen LogP contribution in [0.15, 0.2) is 18.3 Å². The smallest absolute Gasteiger partial charge is 0.0459 e. The Hall–Kier alpha value is -0.890. The van der Waals surface area contributed by atoms with Crippen molar-refractivity contribution in [3.05, 3.63) is 35.0 Å². The molecule has 1 nitrogen and oxygen atoms in total. The van der Waals surface area contributed by atoms with E-state index in [1.165, 1.54) is 27.6 Å². The molecule has 0 saturated heterocycles. The van der Waals surface area contributed by atoms with Gasteiger partial charge in [-0.05, 0) is 48.8 Å². The van der Waals surface area contributed by atoms with Gasteiger partial charge < -0.3 is 4.98 Å². The molecule has 0 bridgehead atoms. The second-order valence-electron chi connectivity index (χ2n) is 3.72. The van der Waals surface area contributed by atoms with Gasteiger partial charge in [0, 0.05) is 17.1 Å². The summed E-state index contributed by atoms with van der Waals surface area (Å²) in [6, 6.07) is 4.32. The fourth-order valence-corrected chi connectivity index (χ4v) is 2.15. The minimum absolute atomic E-state index is 0.903. The second-order valence-corrected chi connectivity index (χ2v) is 4.16. The maximum absolute atomic E-state index is 4.28. The lowest BCUT2D eigenvalue weighted by atomic mass is 10.0. The summed E-state index contributed by atoms with van der Waals surface area (Å²) in [5.41, 5.74) is 5.37. The summed E-state index contributed by atoms with van der Waals surface area (Å²) >= 11 is 4.28. The molecule has 0 atom stereocenters. The Bertz CT molecular complexity index is 457. The van der Waals surface area contributed by atoms with Crippen LogP contribution in [0.1, 0.15) is 16.7 Å². The third-order valence-electron chi connectivity index (χ3n) is 2.84. The minimum Gasteiger partial charge on any atom is -0.361 e. The van der Waals surface area contributed by atoms with Gasteiger partial charge in [0.15, 0.2) is 0 Å². The van der Waals surface area contributed by atoms with Crippen molar-refractivity contribution in [3.63, 3.8) is 0 Å². The van der Waals surface area contributed by atoms with E-state index >= 15 is 0 Å². The highest BCUT2D eigenvalue weighted by Gasteiger charge is 2.06. The van der Waals surface area contributed by atoms with Crippen LogP contribution in [0.4, 0.5) is 0 Å². The SMILES string of the molecule is Cc1ccc2[nH]cc(CCS)c2c1C. The molecule has 0 aliphatic carbocycles. The van der Waals surface area contributed by atoms with Crippen LogP contribution in [-0.4, -0.2) is 10.7 Å². The van der Waals surface area contributed by atoms with Crippen molar-refractivity contribution in [2.75, 3.05) is 5.75 Å². The number of hydrogen-bond donors (Lipinski definition) is 2. The number of fused-ring (bicyclic) bond motifs is 1. The predicted octanol–water partition coefficient (Wildman–Crippen LogP) is 3.26. The highest BCUT2D eigenvalue weighted by molar-refractivity contribution is 7.80. The standard InChI is InChI=1S/C12H15NS/c1-8-3-4-11-12(9(8)2)10(5-6-14)7-13-11/h3-4,7,13-14H,5-6H2,1-2H3. The van der Waals surface area contributed by atoms with Crippen molar-refractivity contribution in [2.24, 2.45) is 0 Å². The molecule has 1 aromatic heterocycles. The Morgan fingerprint density at radius 3 is 2.79 bits per heavy atom. The number of aromatic nitrogens is 1. The van der Waals surface area contributed by atoms with Crippen LogP contribution in [0.5, 0.6) is 0 Å². The first kappa shape index (κ1) is 9.66. The van der Waals surface area contributed by atoms with E-state index in [-0.39, 0.29) is 0 Å². The first-order valence-electron chi connectivity index (χ1n) is 4.91. The lowest BCUT2D eigenvalue weighted by molar-refractivity contribution is 1.17. The molecule has 1 heterocycles. The average Bonchev–Trinajstić information content (AvgIpc) is 2.57. The Balaban J connectivity index is 2.69. The molecular formula is C12H15NS. The van der Waals surface area contributed by atoms with Crippen molar-refractivity contribution in [2.45, 2.75) is 20.3 Å². The summed E-state index contributed by atoms with van der Waals surface area (Å²) in [7, 11) is 0. The van der Waals surface area contributed by atoms with Crippen LogP contribution in [0.25, 0.3) is 10.9 Å². The van der Waals surface area contributed by atoms with Crippen molar-refractivity contribution in [1.29, 1.82) is 0 Å². The van der Waals surface area contributed by atoms with Gasteiger partial charge in [0.2, 0.25) is 0 Å². The fourth-order valence-electron chi connectivity index (χ4n) is 1.90. The number of benzene rings is 1. The molecule has 74 valence electrons. The van der Waals surface area contributed by atoms with Gasteiger partial charge in [-0.25, -0.2) is 0 Å². The van der Waals surface area contributed by atoms with E-state index in [1.54, 1.807) is 0 Å². The third-order valence-corrected chi connectivity index (χ3v) is 3.06. The van der Waals surface area contributed by atoms with Crippen LogP contribution in [-0.2, 0) is 6.42 Å². The van der Waals surface area contributed by atoms with Crippen LogP contribution < -0.4 is 0 Å². The summed E-state index contributed by atoms with van der Waals surface area (Å²) < 4.78 is 0. The van der Waals surface area contributed by atoms with Gasteiger partial charge >= 0.3 is 0 Å². The zero-order valence-corrected chi connectivity index (χ0v) is 9.49. The molecule has 2 heteroatoms. The first-order valence-corrected chi connectivity index (χ1v) is 5.54. The molecule has 0 fully saturated rings. The number of aromatic amines is 1. The summed E-state index contributed by atoms with van der Waals surface area (Å²) in [6.45, 7) is 4.35. The summed E-state index contributed by atoms with van der Waals surface area (Å²) in [5.74, 6) is 0.903. The summed E-state index contributed by atoms with van der Waals surface area (Å²) in [4.78, 5) is 3.31. The molecule has 14 heavy (non-hydrogen) atoms. The fraction of sp³-hybridized carbons (Fsp3) is 0.333. The topological polar surface area (TPSA) is 15.8 Å². The number of hydrogen-bond acceptors (Lipinski definition) is 1. The molecule has 0 amide bonds. The zero-order valence-electron chi connectivity index (χ0n) is 8.59. The monoisotopic (exact) mass is 205 g/mol. The van der Waals surface area contributed by atoms with Gasteiger partial charge in [-0.1, -0.05) is 6.07 Å². The van der Waals surface area contributed by atoms with E-state index in [1.807, 2.05) is 0 Å². The molecule has 0 aliphatic heterocycles. The van der Waals surface area contributed by atoms with Crippen LogP contribution in [0.2, 0.25) is 0 Å². The molecule has 0 radical (unpaired) electrons. The maximum atomic E-state index is 4.28. The van der Waals surface area contributed by atoms with E-state index in [0.29, 0.717) is 0 Å². The molecule has 1 aromatic carbocycles. The van der Waals surface area contributed by atoms with Crippen LogP contribution in [0.3, 0.4) is 0 Å². The summed E-state index contributed by atoms with van der Waals surface area (Å²) in [5, 5.41) is 1.39. The van der Waals surface area contributed by atoms with Crippen LogP contribution >= 0.6 is 12.6 Å². The van der Waals surface area contributed by atoms with E-state index in [4.69, 9.17) is 0 Å². The zero-order chi connectivity index (χ0) is 10.1. The van der Waals surface area contributed by atoms with Gasteiger partial charge in [0.1, 0.15) is 0 Å². The van der Waals surface area contributed by atoms with E-state index < -0.39 is 0 Å². The maximum Gasteiger partial charge on any atom is 0.0459 e. The molecule has 2 aromatic rings. The Labute approximate surface area is 89.9 Å². The molecular weight excluding hydrogens is 190 g/mol. The van der Waals surface area contributed by atoms with Crippen molar-refractivity contribution < 1.29 is 0 Å². The van der Waals surface area contributed by atoms with E-state index in [2.05, 4.69) is 49.8 Å². The third kappa shape index (κ3) is 1.44. The van der Waals surface area contributed by atoms with Gasteiger partial charge in [0.25, 0.3) is 0 Å². The summed E-state index contributed by atoms with van der Waals surface area (Å²) in [6.07, 6.45) is 3.14. The van der Waals surface area contributed by atoms with Gasteiger partial charge in [-0.2, -0.15) is 12.6 Å². The molecule has 2 rings (SSSR count). The number of aryl methyl sites for hydroxylation is 3. The number of rotatable bonds is 2. The van der Waals surface area contributed by atoms with E-state index in [9.17, 15) is 0 Å². The quantitative estimate of drug-likeness (QED) is 0.700. The van der Waals surface area contributed by atoms with Gasteiger partial charge in [0.05, 0.1) is 0 Å². The first-order chi connectivity index (χ1) is 6.74. The number of H-pyrrole nitrogens is 1. The second kappa shape index (κ2) is 3.70. The van der Waals surface area contributed by atoms with Crippen molar-refractivity contribution >= 4 is 23.5 Å². The Morgan fingerprint density at radius 1 is 1.29 bits per heavy atom. The van der Waals surface area contributed by atoms with Gasteiger partial charge in [-0.15, -0.1) is 0 Å². The van der Waals surface area contributed by atoms with E-state index in [0.717, 1.165) is 12.2 Å². The van der Waals surface area contributed by atoms with Crippen molar-refractivity contribution in [3.8, 4) is 0 Å². The number of nitrogens with one attached hydrogen (secondary N) is 1. The lowest BCUT2D eigenvalue weighted by Gasteiger charge is -2.03. The molecule has 0 spiro atoms. The van der Waals surface area contributed by atoms with Crippen LogP contribution in [0, 0.1) is 13.8 Å². The Morgan fingerprint density at radius 2 is 2.07 bits per heavy atom. The van der Waals surface area contributed by atoms with Gasteiger partial charge in [-0.3, -0.25) is 0 Å².